The molecule has 0 aliphatic rings. The quantitative estimate of drug-likeness (QED) is 0.856. The summed E-state index contributed by atoms with van der Waals surface area (Å²) in [6, 6.07) is 3.68. The van der Waals surface area contributed by atoms with Crippen molar-refractivity contribution in [2.75, 3.05) is 0 Å². The van der Waals surface area contributed by atoms with Crippen molar-refractivity contribution >= 4 is 5.97 Å². The number of carboxylic acid groups (broad SMARTS) is 1. The SMILES string of the molecule is Cc1ccc(Cn2c(C(=O)O)cnc2C)o1. The largest absolute Gasteiger partial charge is 0.477 e. The summed E-state index contributed by atoms with van der Waals surface area (Å²) < 4.78 is 7.02. The molecule has 0 bridgehead atoms. The molecular weight excluding hydrogens is 208 g/mol. The van der Waals surface area contributed by atoms with Gasteiger partial charge in [-0.25, -0.2) is 9.78 Å². The van der Waals surface area contributed by atoms with Crippen LogP contribution in [-0.2, 0) is 6.54 Å². The second-order valence-corrected chi connectivity index (χ2v) is 3.59. The molecule has 0 aromatic carbocycles. The third kappa shape index (κ3) is 1.84. The van der Waals surface area contributed by atoms with E-state index < -0.39 is 5.97 Å². The average Bonchev–Trinajstić information content (AvgIpc) is 2.76. The zero-order chi connectivity index (χ0) is 11.7. The number of carboxylic acids is 1. The molecule has 0 aliphatic heterocycles. The molecule has 0 fully saturated rings. The Morgan fingerprint density at radius 3 is 2.81 bits per heavy atom. The first-order valence-electron chi connectivity index (χ1n) is 4.88. The standard InChI is InChI=1S/C11H12N2O3/c1-7-3-4-9(16-7)6-13-8(2)12-5-10(13)11(14)15/h3-5H,6H2,1-2H3,(H,14,15). The lowest BCUT2D eigenvalue weighted by molar-refractivity contribution is 0.0685. The van der Waals surface area contributed by atoms with Crippen LogP contribution >= 0.6 is 0 Å². The van der Waals surface area contributed by atoms with E-state index in [4.69, 9.17) is 9.52 Å². The minimum absolute atomic E-state index is 0.173. The lowest BCUT2D eigenvalue weighted by Gasteiger charge is -2.05. The third-order valence-electron chi connectivity index (χ3n) is 2.38. The fourth-order valence-corrected chi connectivity index (χ4v) is 1.56. The van der Waals surface area contributed by atoms with E-state index in [1.807, 2.05) is 19.1 Å². The van der Waals surface area contributed by atoms with Crippen LogP contribution in [0.15, 0.2) is 22.7 Å². The van der Waals surface area contributed by atoms with Crippen molar-refractivity contribution in [2.24, 2.45) is 0 Å². The van der Waals surface area contributed by atoms with E-state index in [-0.39, 0.29) is 5.69 Å². The smallest absolute Gasteiger partial charge is 0.354 e. The van der Waals surface area contributed by atoms with E-state index in [9.17, 15) is 4.79 Å². The molecule has 0 amide bonds. The van der Waals surface area contributed by atoms with Gasteiger partial charge in [-0.05, 0) is 26.0 Å². The molecule has 84 valence electrons. The highest BCUT2D eigenvalue weighted by atomic mass is 16.4. The fraction of sp³-hybridized carbons (Fsp3) is 0.273. The van der Waals surface area contributed by atoms with Crippen molar-refractivity contribution in [3.63, 3.8) is 0 Å². The Morgan fingerprint density at radius 1 is 1.50 bits per heavy atom. The summed E-state index contributed by atoms with van der Waals surface area (Å²) in [6.07, 6.45) is 1.35. The van der Waals surface area contributed by atoms with Crippen molar-refractivity contribution in [1.29, 1.82) is 0 Å². The minimum atomic E-state index is -0.983. The molecule has 0 unspecified atom stereocenters. The van der Waals surface area contributed by atoms with Gasteiger partial charge in [0.2, 0.25) is 0 Å². The predicted molar refractivity (Wildman–Crippen MR) is 56.5 cm³/mol. The maximum Gasteiger partial charge on any atom is 0.354 e. The monoisotopic (exact) mass is 220 g/mol. The Kier molecular flexibility index (Phi) is 2.52. The van der Waals surface area contributed by atoms with Crippen molar-refractivity contribution in [2.45, 2.75) is 20.4 Å². The first-order chi connectivity index (χ1) is 7.58. The van der Waals surface area contributed by atoms with Crippen molar-refractivity contribution in [3.8, 4) is 0 Å². The molecule has 5 nitrogen and oxygen atoms in total. The van der Waals surface area contributed by atoms with Crippen LogP contribution in [0.25, 0.3) is 0 Å². The van der Waals surface area contributed by atoms with E-state index in [1.165, 1.54) is 6.20 Å². The molecule has 0 aliphatic carbocycles. The highest BCUT2D eigenvalue weighted by Crippen LogP contribution is 2.12. The van der Waals surface area contributed by atoms with Crippen LogP contribution in [0.1, 0.15) is 27.8 Å². The molecule has 2 heterocycles. The van der Waals surface area contributed by atoms with Gasteiger partial charge in [0.05, 0.1) is 12.7 Å². The molecule has 0 spiro atoms. The highest BCUT2D eigenvalue weighted by molar-refractivity contribution is 5.85. The number of nitrogens with zero attached hydrogens (tertiary/aromatic N) is 2. The number of hydrogen-bond donors (Lipinski definition) is 1. The number of imidazole rings is 1. The zero-order valence-corrected chi connectivity index (χ0v) is 9.10. The molecule has 2 aromatic rings. The van der Waals surface area contributed by atoms with Gasteiger partial charge in [-0.15, -0.1) is 0 Å². The molecule has 0 atom stereocenters. The predicted octanol–water partition coefficient (Wildman–Crippen LogP) is 1.84. The first-order valence-corrected chi connectivity index (χ1v) is 4.88. The molecule has 2 rings (SSSR count). The Balaban J connectivity index is 2.33. The summed E-state index contributed by atoms with van der Waals surface area (Å²) in [5, 5.41) is 8.97. The van der Waals surface area contributed by atoms with Crippen LogP contribution < -0.4 is 0 Å². The number of rotatable bonds is 3. The molecule has 0 saturated carbocycles. The fourth-order valence-electron chi connectivity index (χ4n) is 1.56. The second-order valence-electron chi connectivity index (χ2n) is 3.59. The van der Waals surface area contributed by atoms with E-state index in [0.717, 1.165) is 11.5 Å². The summed E-state index contributed by atoms with van der Waals surface area (Å²) in [5.41, 5.74) is 0.173. The van der Waals surface area contributed by atoms with Crippen LogP contribution in [0.5, 0.6) is 0 Å². The summed E-state index contributed by atoms with van der Waals surface area (Å²) in [6.45, 7) is 4.01. The van der Waals surface area contributed by atoms with Crippen LogP contribution in [0.3, 0.4) is 0 Å². The molecule has 1 N–H and O–H groups in total. The third-order valence-corrected chi connectivity index (χ3v) is 2.38. The molecule has 5 heteroatoms. The Morgan fingerprint density at radius 2 is 2.25 bits per heavy atom. The van der Waals surface area contributed by atoms with Crippen molar-refractivity contribution in [1.82, 2.24) is 9.55 Å². The van der Waals surface area contributed by atoms with E-state index in [0.29, 0.717) is 12.4 Å². The molecule has 2 aromatic heterocycles. The van der Waals surface area contributed by atoms with Crippen LogP contribution in [0.4, 0.5) is 0 Å². The first kappa shape index (κ1) is 10.5. The molecule has 0 saturated heterocycles. The van der Waals surface area contributed by atoms with Gasteiger partial charge in [-0.3, -0.25) is 0 Å². The topological polar surface area (TPSA) is 68.3 Å². The van der Waals surface area contributed by atoms with Gasteiger partial charge >= 0.3 is 5.97 Å². The average molecular weight is 220 g/mol. The number of furan rings is 1. The van der Waals surface area contributed by atoms with E-state index >= 15 is 0 Å². The number of carbonyl (C=O) groups is 1. The second kappa shape index (κ2) is 3.84. The molecule has 16 heavy (non-hydrogen) atoms. The Bertz CT molecular complexity index is 525. The summed E-state index contributed by atoms with van der Waals surface area (Å²) in [5.74, 6) is 1.21. The maximum absolute atomic E-state index is 10.9. The molecule has 0 radical (unpaired) electrons. The summed E-state index contributed by atoms with van der Waals surface area (Å²) in [7, 11) is 0. The van der Waals surface area contributed by atoms with Gasteiger partial charge in [-0.1, -0.05) is 0 Å². The van der Waals surface area contributed by atoms with Gasteiger partial charge in [0.1, 0.15) is 23.0 Å². The van der Waals surface area contributed by atoms with E-state index in [1.54, 1.807) is 11.5 Å². The van der Waals surface area contributed by atoms with Gasteiger partial charge in [-0.2, -0.15) is 0 Å². The zero-order valence-electron chi connectivity index (χ0n) is 9.10. The van der Waals surface area contributed by atoms with Crippen molar-refractivity contribution in [3.05, 3.63) is 41.4 Å². The highest BCUT2D eigenvalue weighted by Gasteiger charge is 2.14. The van der Waals surface area contributed by atoms with Gasteiger partial charge in [0.25, 0.3) is 0 Å². The number of hydrogen-bond acceptors (Lipinski definition) is 3. The number of aryl methyl sites for hydroxylation is 2. The molecular formula is C11H12N2O3. The normalized spacial score (nSPS) is 10.6. The van der Waals surface area contributed by atoms with E-state index in [2.05, 4.69) is 4.98 Å². The number of aromatic carboxylic acids is 1. The summed E-state index contributed by atoms with van der Waals surface area (Å²) in [4.78, 5) is 14.9. The van der Waals surface area contributed by atoms with Gasteiger partial charge in [0, 0.05) is 0 Å². The Hall–Kier alpha value is -2.04. The summed E-state index contributed by atoms with van der Waals surface area (Å²) >= 11 is 0. The van der Waals surface area contributed by atoms with Crippen LogP contribution in [-0.4, -0.2) is 20.6 Å². The van der Waals surface area contributed by atoms with Crippen LogP contribution in [0, 0.1) is 13.8 Å². The Labute approximate surface area is 92.3 Å². The lowest BCUT2D eigenvalue weighted by Crippen LogP contribution is -2.10. The van der Waals surface area contributed by atoms with Crippen molar-refractivity contribution < 1.29 is 14.3 Å². The number of aromatic nitrogens is 2. The minimum Gasteiger partial charge on any atom is -0.477 e. The van der Waals surface area contributed by atoms with Crippen LogP contribution in [0.2, 0.25) is 0 Å². The lowest BCUT2D eigenvalue weighted by atomic mass is 10.4. The van der Waals surface area contributed by atoms with Gasteiger partial charge < -0.3 is 14.1 Å². The maximum atomic E-state index is 10.9. The van der Waals surface area contributed by atoms with Gasteiger partial charge in [0.15, 0.2) is 0 Å².